The molecule has 0 aliphatic carbocycles. The van der Waals surface area contributed by atoms with E-state index in [1.807, 2.05) is 22.6 Å². The van der Waals surface area contributed by atoms with Crippen molar-refractivity contribution in [3.8, 4) is 12.3 Å². The fourth-order valence-corrected chi connectivity index (χ4v) is 2.37. The third-order valence-corrected chi connectivity index (χ3v) is 3.31. The normalized spacial score (nSPS) is 9.62. The second-order valence-corrected chi connectivity index (χ2v) is 4.41. The maximum atomic E-state index is 11.5. The van der Waals surface area contributed by atoms with Gasteiger partial charge in [0.25, 0.3) is 0 Å². The highest BCUT2D eigenvalue weighted by molar-refractivity contribution is 14.1. The lowest BCUT2D eigenvalue weighted by atomic mass is 9.97. The number of hydrogen-bond acceptors (Lipinski definition) is 3. The first-order valence-corrected chi connectivity index (χ1v) is 5.58. The van der Waals surface area contributed by atoms with Gasteiger partial charge in [0.05, 0.1) is 5.69 Å². The molecule has 1 aromatic rings. The molecule has 4 heteroatoms. The molecule has 0 fully saturated rings. The number of carbonyl (C=O) groups is 2. The van der Waals surface area contributed by atoms with Crippen molar-refractivity contribution in [1.29, 1.82) is 0 Å². The van der Waals surface area contributed by atoms with Crippen molar-refractivity contribution in [2.45, 2.75) is 13.8 Å². The van der Waals surface area contributed by atoms with Crippen LogP contribution in [0.4, 0.5) is 5.69 Å². The van der Waals surface area contributed by atoms with Gasteiger partial charge in [0.15, 0.2) is 11.6 Å². The van der Waals surface area contributed by atoms with Crippen LogP contribution in [0.2, 0.25) is 0 Å². The van der Waals surface area contributed by atoms with Gasteiger partial charge in [-0.2, -0.15) is 0 Å². The zero-order valence-electron chi connectivity index (χ0n) is 8.93. The van der Waals surface area contributed by atoms with Gasteiger partial charge in [-0.15, -0.1) is 6.42 Å². The number of hydrogen-bond donors (Lipinski definition) is 1. The maximum absolute atomic E-state index is 11.5. The monoisotopic (exact) mass is 327 g/mol. The quantitative estimate of drug-likeness (QED) is 0.392. The first kappa shape index (κ1) is 12.7. The Labute approximate surface area is 108 Å². The molecule has 0 heterocycles. The molecule has 1 rings (SSSR count). The fraction of sp³-hybridized carbons (Fsp3) is 0.167. The molecule has 0 spiro atoms. The minimum absolute atomic E-state index is 0.190. The molecule has 0 aliphatic rings. The molecule has 0 radical (unpaired) electrons. The molecule has 0 aliphatic heterocycles. The van der Waals surface area contributed by atoms with Crippen molar-refractivity contribution in [2.75, 3.05) is 5.73 Å². The van der Waals surface area contributed by atoms with Crippen LogP contribution in [0.15, 0.2) is 6.07 Å². The number of nitrogen functional groups attached to an aromatic ring is 1. The summed E-state index contributed by atoms with van der Waals surface area (Å²) in [5, 5.41) is 0. The minimum Gasteiger partial charge on any atom is -0.397 e. The van der Waals surface area contributed by atoms with Crippen LogP contribution < -0.4 is 5.73 Å². The van der Waals surface area contributed by atoms with Crippen LogP contribution in [0.3, 0.4) is 0 Å². The van der Waals surface area contributed by atoms with Crippen molar-refractivity contribution in [3.63, 3.8) is 0 Å². The molecule has 0 unspecified atom stereocenters. The van der Waals surface area contributed by atoms with Crippen LogP contribution in [0.1, 0.15) is 40.1 Å². The molecule has 0 saturated heterocycles. The third kappa shape index (κ3) is 2.09. The highest BCUT2D eigenvalue weighted by atomic mass is 127. The van der Waals surface area contributed by atoms with E-state index in [0.29, 0.717) is 25.9 Å². The predicted octanol–water partition coefficient (Wildman–Crippen LogP) is 2.26. The van der Waals surface area contributed by atoms with Gasteiger partial charge in [0, 0.05) is 20.3 Å². The first-order chi connectivity index (χ1) is 7.40. The second-order valence-electron chi connectivity index (χ2n) is 3.33. The lowest BCUT2D eigenvalue weighted by molar-refractivity contribution is 0.0980. The number of anilines is 1. The summed E-state index contributed by atoms with van der Waals surface area (Å²) >= 11 is 1.93. The van der Waals surface area contributed by atoms with Gasteiger partial charge in [-0.05, 0) is 42.5 Å². The summed E-state index contributed by atoms with van der Waals surface area (Å²) in [6, 6.07) is 1.50. The van der Waals surface area contributed by atoms with Crippen LogP contribution in [0.25, 0.3) is 0 Å². The van der Waals surface area contributed by atoms with Gasteiger partial charge in [-0.25, -0.2) is 0 Å². The molecule has 0 bridgehead atoms. The number of carbonyl (C=O) groups excluding carboxylic acids is 2. The molecule has 3 nitrogen and oxygen atoms in total. The number of benzene rings is 1. The molecule has 16 heavy (non-hydrogen) atoms. The van der Waals surface area contributed by atoms with Crippen LogP contribution >= 0.6 is 22.6 Å². The minimum atomic E-state index is -0.195. The summed E-state index contributed by atoms with van der Waals surface area (Å²) < 4.78 is 0.547. The lowest BCUT2D eigenvalue weighted by Gasteiger charge is -2.11. The van der Waals surface area contributed by atoms with Crippen LogP contribution in [0, 0.1) is 15.9 Å². The number of halogens is 1. The number of Topliss-reactive ketones (excluding diaryl/α,β-unsaturated/α-hetero) is 2. The van der Waals surface area contributed by atoms with Gasteiger partial charge in [0.2, 0.25) is 0 Å². The van der Waals surface area contributed by atoms with Gasteiger partial charge in [-0.1, -0.05) is 5.92 Å². The Kier molecular flexibility index (Phi) is 3.70. The molecule has 0 atom stereocenters. The first-order valence-electron chi connectivity index (χ1n) is 4.50. The fourth-order valence-electron chi connectivity index (χ4n) is 1.41. The smallest absolute Gasteiger partial charge is 0.161 e. The standard InChI is InChI=1S/C12H10INO2/c1-4-8-5-9(6(2)15)10(7(3)16)11(13)12(8)14/h1,5H,14H2,2-3H3. The largest absolute Gasteiger partial charge is 0.397 e. The van der Waals surface area contributed by atoms with Crippen molar-refractivity contribution >= 4 is 39.8 Å². The van der Waals surface area contributed by atoms with E-state index in [0.717, 1.165) is 0 Å². The summed E-state index contributed by atoms with van der Waals surface area (Å²) in [7, 11) is 0. The predicted molar refractivity (Wildman–Crippen MR) is 71.5 cm³/mol. The Balaban J connectivity index is 3.73. The van der Waals surface area contributed by atoms with Crippen molar-refractivity contribution in [2.24, 2.45) is 0 Å². The van der Waals surface area contributed by atoms with Crippen LogP contribution in [-0.4, -0.2) is 11.6 Å². The van der Waals surface area contributed by atoms with Gasteiger partial charge in [0.1, 0.15) is 0 Å². The molecule has 2 N–H and O–H groups in total. The Bertz CT molecular complexity index is 527. The molecule has 0 amide bonds. The molecular weight excluding hydrogens is 317 g/mol. The zero-order chi connectivity index (χ0) is 12.5. The average molecular weight is 327 g/mol. The summed E-state index contributed by atoms with van der Waals surface area (Å²) in [5.41, 5.74) is 7.29. The second kappa shape index (κ2) is 4.66. The maximum Gasteiger partial charge on any atom is 0.161 e. The van der Waals surface area contributed by atoms with E-state index in [4.69, 9.17) is 12.2 Å². The number of terminal acetylenes is 1. The highest BCUT2D eigenvalue weighted by Gasteiger charge is 2.19. The Morgan fingerprint density at radius 1 is 1.38 bits per heavy atom. The van der Waals surface area contributed by atoms with Crippen molar-refractivity contribution in [1.82, 2.24) is 0 Å². The van der Waals surface area contributed by atoms with E-state index in [1.165, 1.54) is 19.9 Å². The summed E-state index contributed by atoms with van der Waals surface area (Å²) in [6.45, 7) is 2.80. The van der Waals surface area contributed by atoms with Gasteiger partial charge >= 0.3 is 0 Å². The molecular formula is C12H10INO2. The summed E-state index contributed by atoms with van der Waals surface area (Å²) in [4.78, 5) is 22.9. The SMILES string of the molecule is C#Cc1cc(C(C)=O)c(C(C)=O)c(I)c1N. The number of nitrogens with two attached hydrogens (primary N) is 1. The van der Waals surface area contributed by atoms with Crippen molar-refractivity contribution in [3.05, 3.63) is 26.3 Å². The Morgan fingerprint density at radius 2 is 1.94 bits per heavy atom. The number of rotatable bonds is 2. The Morgan fingerprint density at radius 3 is 2.31 bits per heavy atom. The average Bonchev–Trinajstić information content (AvgIpc) is 2.20. The van der Waals surface area contributed by atoms with E-state index < -0.39 is 0 Å². The molecule has 1 aromatic carbocycles. The molecule has 0 saturated carbocycles. The number of ketones is 2. The van der Waals surface area contributed by atoms with E-state index in [-0.39, 0.29) is 11.6 Å². The van der Waals surface area contributed by atoms with E-state index >= 15 is 0 Å². The zero-order valence-corrected chi connectivity index (χ0v) is 11.1. The van der Waals surface area contributed by atoms with Gasteiger partial charge < -0.3 is 5.73 Å². The van der Waals surface area contributed by atoms with Crippen LogP contribution in [-0.2, 0) is 0 Å². The molecule has 0 aromatic heterocycles. The topological polar surface area (TPSA) is 60.2 Å². The molecule has 82 valence electrons. The summed E-state index contributed by atoms with van der Waals surface area (Å²) in [6.07, 6.45) is 5.29. The highest BCUT2D eigenvalue weighted by Crippen LogP contribution is 2.27. The van der Waals surface area contributed by atoms with E-state index in [9.17, 15) is 9.59 Å². The van der Waals surface area contributed by atoms with E-state index in [1.54, 1.807) is 0 Å². The van der Waals surface area contributed by atoms with Gasteiger partial charge in [-0.3, -0.25) is 9.59 Å². The Hall–Kier alpha value is -1.35. The van der Waals surface area contributed by atoms with E-state index in [2.05, 4.69) is 5.92 Å². The summed E-state index contributed by atoms with van der Waals surface area (Å²) in [5.74, 6) is 2.02. The third-order valence-electron chi connectivity index (χ3n) is 2.19. The lowest BCUT2D eigenvalue weighted by Crippen LogP contribution is -2.10. The van der Waals surface area contributed by atoms with Crippen molar-refractivity contribution < 1.29 is 9.59 Å². The van der Waals surface area contributed by atoms with Crippen LogP contribution in [0.5, 0.6) is 0 Å².